The van der Waals surface area contributed by atoms with Crippen LogP contribution >= 0.6 is 0 Å². The first-order valence-corrected chi connectivity index (χ1v) is 6.09. The maximum Gasteiger partial charge on any atom is 0.235 e. The third-order valence-corrected chi connectivity index (χ3v) is 3.06. The lowest BCUT2D eigenvalue weighted by Gasteiger charge is -2.03. The van der Waals surface area contributed by atoms with Gasteiger partial charge in [-0.3, -0.25) is 4.79 Å². The van der Waals surface area contributed by atoms with Gasteiger partial charge in [0.25, 0.3) is 0 Å². The predicted octanol–water partition coefficient (Wildman–Crippen LogP) is 3.02. The monoisotopic (exact) mass is 268 g/mol. The number of fused-ring (bicyclic) bond motifs is 1. The van der Waals surface area contributed by atoms with Crippen LogP contribution in [0, 0.1) is 0 Å². The third-order valence-electron chi connectivity index (χ3n) is 3.06. The van der Waals surface area contributed by atoms with Crippen molar-refractivity contribution in [3.8, 4) is 17.2 Å². The summed E-state index contributed by atoms with van der Waals surface area (Å²) in [7, 11) is 1.48. The molecule has 2 aromatic carbocycles. The molecule has 20 heavy (non-hydrogen) atoms. The molecule has 4 nitrogen and oxygen atoms in total. The second kappa shape index (κ2) is 4.74. The number of rotatable bonds is 2. The van der Waals surface area contributed by atoms with E-state index in [-0.39, 0.29) is 22.9 Å². The van der Waals surface area contributed by atoms with E-state index in [2.05, 4.69) is 0 Å². The minimum absolute atomic E-state index is 0.138. The van der Waals surface area contributed by atoms with Gasteiger partial charge in [-0.2, -0.15) is 0 Å². The van der Waals surface area contributed by atoms with Crippen LogP contribution in [0.1, 0.15) is 15.9 Å². The number of ketones is 1. The summed E-state index contributed by atoms with van der Waals surface area (Å²) in [5, 5.41) is 9.89. The molecule has 4 heteroatoms. The minimum Gasteiger partial charge on any atom is -0.507 e. The van der Waals surface area contributed by atoms with Gasteiger partial charge >= 0.3 is 0 Å². The van der Waals surface area contributed by atoms with Crippen LogP contribution in [0.4, 0.5) is 0 Å². The van der Waals surface area contributed by atoms with Gasteiger partial charge in [-0.1, -0.05) is 30.3 Å². The van der Waals surface area contributed by atoms with Gasteiger partial charge in [-0.25, -0.2) is 0 Å². The number of methoxy groups -OCH3 is 1. The van der Waals surface area contributed by atoms with Crippen molar-refractivity contribution in [2.45, 2.75) is 0 Å². The summed E-state index contributed by atoms with van der Waals surface area (Å²) in [6.45, 7) is 0. The number of phenolic OH excluding ortho intramolecular Hbond substituents is 1. The number of allylic oxidation sites excluding steroid dienone is 1. The summed E-state index contributed by atoms with van der Waals surface area (Å²) >= 11 is 0. The van der Waals surface area contributed by atoms with E-state index in [0.717, 1.165) is 5.56 Å². The van der Waals surface area contributed by atoms with E-state index in [9.17, 15) is 9.90 Å². The van der Waals surface area contributed by atoms with E-state index in [1.54, 1.807) is 12.1 Å². The molecule has 0 amide bonds. The van der Waals surface area contributed by atoms with Crippen molar-refractivity contribution in [3.05, 3.63) is 59.4 Å². The highest BCUT2D eigenvalue weighted by molar-refractivity contribution is 6.16. The highest BCUT2D eigenvalue weighted by Crippen LogP contribution is 2.40. The molecule has 1 heterocycles. The molecule has 0 unspecified atom stereocenters. The third kappa shape index (κ3) is 2.01. The molecular weight excluding hydrogens is 256 g/mol. The Kier molecular flexibility index (Phi) is 2.91. The Bertz CT molecular complexity index is 702. The standard InChI is InChI=1S/C16H12O4/c1-19-11-8-12(17)15-13(9-11)20-14(16(15)18)7-10-5-3-2-4-6-10/h2-9,17H,1H3/b14-7-. The second-order valence-corrected chi connectivity index (χ2v) is 4.37. The number of carbonyl (C=O) groups is 1. The highest BCUT2D eigenvalue weighted by atomic mass is 16.5. The van der Waals surface area contributed by atoms with E-state index in [4.69, 9.17) is 9.47 Å². The summed E-state index contributed by atoms with van der Waals surface area (Å²) < 4.78 is 10.6. The van der Waals surface area contributed by atoms with E-state index in [0.29, 0.717) is 11.5 Å². The number of aromatic hydroxyl groups is 1. The van der Waals surface area contributed by atoms with Crippen molar-refractivity contribution in [2.75, 3.05) is 7.11 Å². The van der Waals surface area contributed by atoms with Gasteiger partial charge in [0.15, 0.2) is 5.76 Å². The maximum atomic E-state index is 12.2. The minimum atomic E-state index is -0.330. The Morgan fingerprint density at radius 2 is 1.95 bits per heavy atom. The van der Waals surface area contributed by atoms with Gasteiger partial charge in [-0.05, 0) is 11.6 Å². The van der Waals surface area contributed by atoms with Gasteiger partial charge in [0.05, 0.1) is 7.11 Å². The van der Waals surface area contributed by atoms with Crippen LogP contribution in [-0.2, 0) is 0 Å². The number of carbonyl (C=O) groups excluding carboxylic acids is 1. The second-order valence-electron chi connectivity index (χ2n) is 4.37. The molecule has 0 aliphatic carbocycles. The number of ether oxygens (including phenoxy) is 2. The molecule has 0 spiro atoms. The number of hydrogen-bond acceptors (Lipinski definition) is 4. The van der Waals surface area contributed by atoms with Crippen LogP contribution in [0.3, 0.4) is 0 Å². The lowest BCUT2D eigenvalue weighted by atomic mass is 10.1. The molecule has 1 N–H and O–H groups in total. The zero-order valence-corrected chi connectivity index (χ0v) is 10.8. The van der Waals surface area contributed by atoms with Gasteiger partial charge < -0.3 is 14.6 Å². The largest absolute Gasteiger partial charge is 0.507 e. The van der Waals surface area contributed by atoms with Gasteiger partial charge in [0.2, 0.25) is 5.78 Å². The molecule has 3 rings (SSSR count). The van der Waals surface area contributed by atoms with Gasteiger partial charge in [-0.15, -0.1) is 0 Å². The van der Waals surface area contributed by atoms with Crippen LogP contribution < -0.4 is 9.47 Å². The highest BCUT2D eigenvalue weighted by Gasteiger charge is 2.31. The number of benzene rings is 2. The van der Waals surface area contributed by atoms with E-state index in [1.807, 2.05) is 30.3 Å². The van der Waals surface area contributed by atoms with E-state index in [1.165, 1.54) is 13.2 Å². The molecule has 0 saturated heterocycles. The SMILES string of the molecule is COc1cc(O)c2c(c1)O/C(=C\c1ccccc1)C2=O. The fraction of sp³-hybridized carbons (Fsp3) is 0.0625. The lowest BCUT2D eigenvalue weighted by Crippen LogP contribution is -1.98. The molecule has 1 aliphatic heterocycles. The summed E-state index contributed by atoms with van der Waals surface area (Å²) in [5.74, 6) is 0.476. The quantitative estimate of drug-likeness (QED) is 0.851. The first-order valence-electron chi connectivity index (χ1n) is 6.09. The van der Waals surface area contributed by atoms with Crippen molar-refractivity contribution in [1.82, 2.24) is 0 Å². The summed E-state index contributed by atoms with van der Waals surface area (Å²) in [5.41, 5.74) is 1.03. The first kappa shape index (κ1) is 12.3. The maximum absolute atomic E-state index is 12.2. The number of phenols is 1. The average molecular weight is 268 g/mol. The molecule has 0 saturated carbocycles. The molecular formula is C16H12O4. The molecule has 0 fully saturated rings. The van der Waals surface area contributed by atoms with Crippen LogP contribution in [0.5, 0.6) is 17.2 Å². The van der Waals surface area contributed by atoms with Crippen LogP contribution in [-0.4, -0.2) is 18.0 Å². The van der Waals surface area contributed by atoms with Crippen LogP contribution in [0.15, 0.2) is 48.2 Å². The molecule has 2 aromatic rings. The van der Waals surface area contributed by atoms with Crippen molar-refractivity contribution in [3.63, 3.8) is 0 Å². The Labute approximate surface area is 115 Å². The van der Waals surface area contributed by atoms with Crippen molar-refractivity contribution in [2.24, 2.45) is 0 Å². The fourth-order valence-electron chi connectivity index (χ4n) is 2.09. The lowest BCUT2D eigenvalue weighted by molar-refractivity contribution is 0.101. The summed E-state index contributed by atoms with van der Waals surface area (Å²) in [6.07, 6.45) is 1.65. The molecule has 0 aromatic heterocycles. The predicted molar refractivity (Wildman–Crippen MR) is 74.0 cm³/mol. The zero-order valence-electron chi connectivity index (χ0n) is 10.8. The Hall–Kier alpha value is -2.75. The fourth-order valence-corrected chi connectivity index (χ4v) is 2.09. The summed E-state index contributed by atoms with van der Waals surface area (Å²) in [6, 6.07) is 12.4. The topological polar surface area (TPSA) is 55.8 Å². The average Bonchev–Trinajstić information content (AvgIpc) is 2.76. The van der Waals surface area contributed by atoms with Crippen molar-refractivity contribution in [1.29, 1.82) is 0 Å². The van der Waals surface area contributed by atoms with Gasteiger partial charge in [0, 0.05) is 12.1 Å². The number of hydrogen-bond donors (Lipinski definition) is 1. The van der Waals surface area contributed by atoms with Crippen LogP contribution in [0.2, 0.25) is 0 Å². The Morgan fingerprint density at radius 3 is 2.65 bits per heavy atom. The molecule has 0 bridgehead atoms. The van der Waals surface area contributed by atoms with E-state index >= 15 is 0 Å². The number of Topliss-reactive ketones (excluding diaryl/α,β-unsaturated/α-hetero) is 1. The smallest absolute Gasteiger partial charge is 0.235 e. The van der Waals surface area contributed by atoms with Crippen molar-refractivity contribution < 1.29 is 19.4 Å². The van der Waals surface area contributed by atoms with E-state index < -0.39 is 0 Å². The molecule has 1 aliphatic rings. The molecule has 100 valence electrons. The summed E-state index contributed by atoms with van der Waals surface area (Å²) in [4.78, 5) is 12.2. The molecule has 0 atom stereocenters. The zero-order chi connectivity index (χ0) is 14.1. The first-order chi connectivity index (χ1) is 9.69. The van der Waals surface area contributed by atoms with Gasteiger partial charge in [0.1, 0.15) is 22.8 Å². The normalized spacial score (nSPS) is 15.1. The van der Waals surface area contributed by atoms with Crippen LogP contribution in [0.25, 0.3) is 6.08 Å². The Morgan fingerprint density at radius 1 is 1.20 bits per heavy atom. The Balaban J connectivity index is 2.03. The molecule has 0 radical (unpaired) electrons. The van der Waals surface area contributed by atoms with Crippen molar-refractivity contribution >= 4 is 11.9 Å².